The van der Waals surface area contributed by atoms with Gasteiger partial charge in [-0.2, -0.15) is 0 Å². The van der Waals surface area contributed by atoms with Gasteiger partial charge in [-0.25, -0.2) is 9.59 Å². The summed E-state index contributed by atoms with van der Waals surface area (Å²) in [5.41, 5.74) is 1.20. The number of rotatable bonds is 32. The van der Waals surface area contributed by atoms with Crippen molar-refractivity contribution >= 4 is 95.5 Å². The summed E-state index contributed by atoms with van der Waals surface area (Å²) in [7, 11) is 0. The van der Waals surface area contributed by atoms with E-state index >= 15 is 0 Å². The minimum absolute atomic E-state index is 0.0586. The summed E-state index contributed by atoms with van der Waals surface area (Å²) in [6.45, 7) is 17.4. The van der Waals surface area contributed by atoms with E-state index in [0.29, 0.717) is 11.1 Å². The van der Waals surface area contributed by atoms with Gasteiger partial charge in [0.2, 0.25) is 24.8 Å². The van der Waals surface area contributed by atoms with Crippen molar-refractivity contribution in [2.75, 3.05) is 26.4 Å². The first-order chi connectivity index (χ1) is 51.5. The first kappa shape index (κ1) is 91.8. The molecular weight excluding hydrogens is 1470 g/mol. The fraction of sp³-hybridized carbons (Fsp3) is 0.583. The van der Waals surface area contributed by atoms with Gasteiger partial charge in [0.1, 0.15) is 37.6 Å². The minimum atomic E-state index is -1.95. The summed E-state index contributed by atoms with van der Waals surface area (Å²) in [4.78, 5) is 202. The van der Waals surface area contributed by atoms with Gasteiger partial charge in [-0.3, -0.25) is 67.1 Å². The molecule has 20 atom stereocenters. The Morgan fingerprint density at radius 3 is 0.736 bits per heavy atom. The zero-order valence-electron chi connectivity index (χ0n) is 63.7. The summed E-state index contributed by atoms with van der Waals surface area (Å²) in [5, 5.41) is 0. The molecule has 0 aromatic heterocycles. The van der Waals surface area contributed by atoms with Gasteiger partial charge in [0.15, 0.2) is 73.6 Å². The third-order valence-electron chi connectivity index (χ3n) is 15.1. The number of allylic oxidation sites excluding steroid dienone is 12. The van der Waals surface area contributed by atoms with E-state index in [1.54, 1.807) is 50.3 Å². The molecule has 0 N–H and O–H groups in total. The normalized spacial score (nSPS) is 28.5. The van der Waals surface area contributed by atoms with Crippen molar-refractivity contribution in [2.24, 2.45) is 0 Å². The van der Waals surface area contributed by atoms with Crippen LogP contribution in [0.25, 0.3) is 0 Å². The zero-order valence-corrected chi connectivity index (χ0v) is 63.7. The fourth-order valence-corrected chi connectivity index (χ4v) is 10.9. The maximum absolute atomic E-state index is 13.8. The average molecular weight is 1570 g/mol. The van der Waals surface area contributed by atoms with Crippen LogP contribution in [0.3, 0.4) is 0 Å². The molecule has 0 radical (unpaired) electrons. The van der Waals surface area contributed by atoms with Crippen LogP contribution in [-0.2, 0) is 181 Å². The molecule has 110 heavy (non-hydrogen) atoms. The predicted molar refractivity (Wildman–Crippen MR) is 361 cm³/mol. The molecule has 38 heteroatoms. The van der Waals surface area contributed by atoms with Crippen LogP contribution >= 0.6 is 0 Å². The van der Waals surface area contributed by atoms with E-state index in [1.807, 2.05) is 0 Å². The van der Waals surface area contributed by atoms with Crippen molar-refractivity contribution in [1.29, 1.82) is 0 Å². The minimum Gasteiger partial charge on any atom is -0.463 e. The smallest absolute Gasteiger partial charge is 0.336 e. The van der Waals surface area contributed by atoms with Crippen LogP contribution in [0.15, 0.2) is 83.1 Å². The maximum atomic E-state index is 13.8. The van der Waals surface area contributed by atoms with E-state index in [0.717, 1.165) is 96.9 Å². The molecule has 4 aliphatic rings. The quantitative estimate of drug-likeness (QED) is 0.0404. The number of carbonyl (C=O) groups excluding carboxylic acids is 16. The van der Waals surface area contributed by atoms with Crippen molar-refractivity contribution in [1.82, 2.24) is 0 Å². The SMILES string of the molecule is CC(=O)OC[C@H]1O[C@@H](OC[C@H]2O[C@@H](OC(=O)/C(C)=C/C=C/C(C)=C/C=C/C=C(C)/C=C/C=C(\C)C(=O)O[C@H]3[C@@H](OC(C)=O)O[C@H](CO[C@@H]4O[C@H](COC(C)=O)[C@@H](OC(C)=O)[C@H](OC(C)=O)[C@H]4OC(C)=O)[C@@H](OC(C)=O)[C@@H]3OC(C)=O)[C@H](OC(C)=O)[C@@H](OC(C)=O)[C@@H]2OC(C)=O)[C@H](OC(C)=O)[C@@H](OC(C)=O)[C@@H]1OC(C)=O. The lowest BCUT2D eigenvalue weighted by Crippen LogP contribution is -2.65. The van der Waals surface area contributed by atoms with Crippen molar-refractivity contribution in [3.8, 4) is 0 Å². The number of ether oxygens (including phenoxy) is 22. The number of hydrogen-bond acceptors (Lipinski definition) is 38. The van der Waals surface area contributed by atoms with E-state index in [9.17, 15) is 76.7 Å². The highest BCUT2D eigenvalue weighted by atomic mass is 16.8. The second-order valence-electron chi connectivity index (χ2n) is 24.8. The topological polar surface area (TPSA) is 476 Å². The number of esters is 16. The molecular formula is C72H92O38. The van der Waals surface area contributed by atoms with Crippen LogP contribution in [0, 0.1) is 0 Å². The molecule has 0 unspecified atom stereocenters. The molecule has 608 valence electrons. The summed E-state index contributed by atoms with van der Waals surface area (Å²) in [6.07, 6.45) is -18.5. The third-order valence-corrected chi connectivity index (χ3v) is 15.1. The molecule has 38 nitrogen and oxygen atoms in total. The van der Waals surface area contributed by atoms with Gasteiger partial charge in [0.05, 0.1) is 13.2 Å². The average Bonchev–Trinajstić information content (AvgIpc) is 0.785. The maximum Gasteiger partial charge on any atom is 0.336 e. The lowest BCUT2D eigenvalue weighted by molar-refractivity contribution is -0.331. The Balaban J connectivity index is 1.55. The van der Waals surface area contributed by atoms with E-state index in [-0.39, 0.29) is 11.1 Å². The van der Waals surface area contributed by atoms with Crippen molar-refractivity contribution in [3.05, 3.63) is 83.1 Å². The predicted octanol–water partition coefficient (Wildman–Crippen LogP) is 2.77. The van der Waals surface area contributed by atoms with Gasteiger partial charge in [0, 0.05) is 108 Å². The van der Waals surface area contributed by atoms with Gasteiger partial charge in [-0.15, -0.1) is 0 Å². The first-order valence-corrected chi connectivity index (χ1v) is 33.9. The highest BCUT2D eigenvalue weighted by Crippen LogP contribution is 2.37. The highest BCUT2D eigenvalue weighted by molar-refractivity contribution is 5.89. The van der Waals surface area contributed by atoms with Crippen molar-refractivity contribution in [3.63, 3.8) is 0 Å². The lowest BCUT2D eigenvalue weighted by Gasteiger charge is -2.46. The zero-order chi connectivity index (χ0) is 82.5. The van der Waals surface area contributed by atoms with Crippen LogP contribution in [0.5, 0.6) is 0 Å². The Labute approximate surface area is 631 Å². The van der Waals surface area contributed by atoms with E-state index in [2.05, 4.69) is 0 Å². The van der Waals surface area contributed by atoms with Crippen LogP contribution < -0.4 is 0 Å². The van der Waals surface area contributed by atoms with Crippen LogP contribution in [-0.4, -0.2) is 245 Å². The highest BCUT2D eigenvalue weighted by Gasteiger charge is 2.59. The Kier molecular flexibility index (Phi) is 36.9. The van der Waals surface area contributed by atoms with Crippen LogP contribution in [0.1, 0.15) is 125 Å². The first-order valence-electron chi connectivity index (χ1n) is 33.9. The van der Waals surface area contributed by atoms with Gasteiger partial charge in [-0.05, 0) is 27.7 Å². The van der Waals surface area contributed by atoms with Crippen molar-refractivity contribution in [2.45, 2.75) is 247 Å². The monoisotopic (exact) mass is 1560 g/mol. The van der Waals surface area contributed by atoms with Crippen LogP contribution in [0.2, 0.25) is 0 Å². The second-order valence-corrected chi connectivity index (χ2v) is 24.8. The Morgan fingerprint density at radius 1 is 0.227 bits per heavy atom. The third kappa shape index (κ3) is 30.5. The molecule has 4 rings (SSSR count). The fourth-order valence-electron chi connectivity index (χ4n) is 10.9. The van der Waals surface area contributed by atoms with Gasteiger partial charge in [-0.1, -0.05) is 71.9 Å². The molecule has 0 amide bonds. The van der Waals surface area contributed by atoms with E-state index in [4.69, 9.17) is 104 Å². The lowest BCUT2D eigenvalue weighted by atomic mass is 9.97. The molecule has 4 saturated heterocycles. The molecule has 0 aliphatic carbocycles. The standard InChI is InChI=1S/C72H92O38/c1-33(25-21-27-35(3)67(87)109-66-62(100-46(14)82)58(96-42(10)78)53(107-71(66)104-50(18)86)31-91-69-63(101-47(15)83)59(97-43(11)79)55(93-39(7)75)51(105-69)29-89-37(5)73)23-19-20-24-34(2)26-22-28-36(4)68(88)110-72-65(103-49(17)85)61(99-45(13)81)57(95-41(9)77)54(108-72)32-92-70-64(102-48(16)84)60(98-44(12)80)56(94-40(8)76)52(106-70)30-90-38(6)74/h19-28,51-66,69-72H,29-32H2,1-18H3/b20-19+,25-21+,26-22+,33-23+,34-24+,35-27+,36-28+/t51-,52-,53-,54-,55-,56-,57-,58-,59+,60+,61+,62+,63-,64-,65-,66-,69-,70-,71+,72+/m1/s1. The molecule has 4 fully saturated rings. The molecule has 0 spiro atoms. The molecule has 0 aromatic carbocycles. The molecule has 0 aromatic rings. The largest absolute Gasteiger partial charge is 0.463 e. The van der Waals surface area contributed by atoms with Gasteiger partial charge >= 0.3 is 95.5 Å². The summed E-state index contributed by atoms with van der Waals surface area (Å²) in [6, 6.07) is 0. The van der Waals surface area contributed by atoms with E-state index in [1.165, 1.54) is 38.2 Å². The Bertz CT molecular complexity index is 3590. The van der Waals surface area contributed by atoms with Gasteiger partial charge in [0.25, 0.3) is 0 Å². The molecule has 4 aliphatic heterocycles. The van der Waals surface area contributed by atoms with Crippen LogP contribution in [0.4, 0.5) is 0 Å². The summed E-state index contributed by atoms with van der Waals surface area (Å²) < 4.78 is 124. The van der Waals surface area contributed by atoms with E-state index < -0.39 is 245 Å². The Hall–Kier alpha value is -10.5. The van der Waals surface area contributed by atoms with Gasteiger partial charge < -0.3 is 104 Å². The molecule has 0 bridgehead atoms. The molecule has 0 saturated carbocycles. The molecule has 4 heterocycles. The summed E-state index contributed by atoms with van der Waals surface area (Å²) >= 11 is 0. The van der Waals surface area contributed by atoms with Crippen molar-refractivity contribution < 1.29 is 181 Å². The number of hydrogen-bond donors (Lipinski definition) is 0. The Morgan fingerprint density at radius 2 is 0.455 bits per heavy atom. The number of carbonyl (C=O) groups is 16. The summed E-state index contributed by atoms with van der Waals surface area (Å²) in [5.74, 6) is -15.3. The second kappa shape index (κ2) is 44.2.